The zero-order valence-electron chi connectivity index (χ0n) is 16.0. The highest BCUT2D eigenvalue weighted by atomic mass is 16.5. The maximum atomic E-state index is 6.34. The lowest BCUT2D eigenvalue weighted by atomic mass is 10.2. The van der Waals surface area contributed by atoms with E-state index in [1.165, 1.54) is 6.33 Å². The van der Waals surface area contributed by atoms with E-state index in [1.807, 2.05) is 42.5 Å². The highest BCUT2D eigenvalue weighted by molar-refractivity contribution is 5.94. The predicted octanol–water partition coefficient (Wildman–Crippen LogP) is 4.11. The van der Waals surface area contributed by atoms with Crippen molar-refractivity contribution in [2.45, 2.75) is 0 Å². The van der Waals surface area contributed by atoms with Gasteiger partial charge in [-0.2, -0.15) is 0 Å². The van der Waals surface area contributed by atoms with Crippen LogP contribution >= 0.6 is 0 Å². The molecule has 29 heavy (non-hydrogen) atoms. The summed E-state index contributed by atoms with van der Waals surface area (Å²) in [5.74, 6) is 2.25. The van der Waals surface area contributed by atoms with Crippen LogP contribution in [0.3, 0.4) is 0 Å². The largest absolute Gasteiger partial charge is 0.497 e. The van der Waals surface area contributed by atoms with E-state index >= 15 is 0 Å². The molecule has 2 heterocycles. The second kappa shape index (κ2) is 7.89. The van der Waals surface area contributed by atoms with Gasteiger partial charge in [0.15, 0.2) is 11.6 Å². The van der Waals surface area contributed by atoms with Crippen LogP contribution in [0.5, 0.6) is 11.5 Å². The van der Waals surface area contributed by atoms with E-state index in [4.69, 9.17) is 15.2 Å². The molecule has 2 aromatic carbocycles. The van der Waals surface area contributed by atoms with Crippen molar-refractivity contribution in [2.75, 3.05) is 30.6 Å². The number of anilines is 5. The van der Waals surface area contributed by atoms with Gasteiger partial charge in [0.25, 0.3) is 0 Å². The van der Waals surface area contributed by atoms with Crippen molar-refractivity contribution in [3.63, 3.8) is 0 Å². The number of aromatic nitrogens is 3. The van der Waals surface area contributed by atoms with Crippen LogP contribution < -0.4 is 25.8 Å². The van der Waals surface area contributed by atoms with Crippen molar-refractivity contribution in [1.29, 1.82) is 0 Å². The number of ether oxygens (including phenoxy) is 2. The summed E-state index contributed by atoms with van der Waals surface area (Å²) in [5.41, 5.74) is 9.16. The quantitative estimate of drug-likeness (QED) is 0.453. The molecule has 0 aliphatic rings. The number of methoxy groups -OCH3 is 2. The number of fused-ring (bicyclic) bond motifs is 1. The molecular weight excluding hydrogens is 368 g/mol. The van der Waals surface area contributed by atoms with Crippen LogP contribution in [0.25, 0.3) is 10.9 Å². The molecule has 0 fully saturated rings. The zero-order valence-corrected chi connectivity index (χ0v) is 16.0. The second-order valence-electron chi connectivity index (χ2n) is 6.18. The van der Waals surface area contributed by atoms with Crippen molar-refractivity contribution in [3.05, 3.63) is 61.1 Å². The number of nitrogen functional groups attached to an aromatic ring is 1. The van der Waals surface area contributed by atoms with Crippen molar-refractivity contribution in [3.8, 4) is 11.5 Å². The zero-order chi connectivity index (χ0) is 20.2. The predicted molar refractivity (Wildman–Crippen MR) is 114 cm³/mol. The van der Waals surface area contributed by atoms with E-state index < -0.39 is 0 Å². The Morgan fingerprint density at radius 3 is 2.38 bits per heavy atom. The van der Waals surface area contributed by atoms with Gasteiger partial charge >= 0.3 is 0 Å². The third-order valence-electron chi connectivity index (χ3n) is 4.44. The molecule has 0 bridgehead atoms. The van der Waals surface area contributed by atoms with E-state index in [-0.39, 0.29) is 0 Å². The molecule has 4 rings (SSSR count). The monoisotopic (exact) mass is 388 g/mol. The molecule has 2 aromatic heterocycles. The number of nitrogens with zero attached hydrogens (tertiary/aromatic N) is 3. The number of hydrogen-bond donors (Lipinski definition) is 3. The number of nitrogens with two attached hydrogens (primary N) is 1. The minimum atomic E-state index is 0.381. The molecule has 0 unspecified atom stereocenters. The summed E-state index contributed by atoms with van der Waals surface area (Å²) in [7, 11) is 3.19. The lowest BCUT2D eigenvalue weighted by Gasteiger charge is -2.15. The number of pyridine rings is 1. The van der Waals surface area contributed by atoms with E-state index in [0.29, 0.717) is 34.5 Å². The van der Waals surface area contributed by atoms with E-state index in [2.05, 4.69) is 25.6 Å². The molecule has 0 aliphatic carbocycles. The summed E-state index contributed by atoms with van der Waals surface area (Å²) in [6.45, 7) is 0. The maximum absolute atomic E-state index is 6.34. The number of rotatable bonds is 6. The lowest BCUT2D eigenvalue weighted by molar-refractivity contribution is 0.395. The molecule has 0 radical (unpaired) electrons. The van der Waals surface area contributed by atoms with Crippen molar-refractivity contribution < 1.29 is 9.47 Å². The van der Waals surface area contributed by atoms with Gasteiger partial charge in [0.1, 0.15) is 23.5 Å². The first kappa shape index (κ1) is 18.3. The second-order valence-corrected chi connectivity index (χ2v) is 6.18. The molecule has 8 heteroatoms. The molecule has 0 spiro atoms. The first-order valence-electron chi connectivity index (χ1n) is 8.90. The van der Waals surface area contributed by atoms with E-state index in [1.54, 1.807) is 26.5 Å². The highest BCUT2D eigenvalue weighted by Crippen LogP contribution is 2.35. The molecule has 0 saturated heterocycles. The Bertz CT molecular complexity index is 1160. The molecule has 146 valence electrons. The van der Waals surface area contributed by atoms with Gasteiger partial charge in [-0.25, -0.2) is 9.97 Å². The summed E-state index contributed by atoms with van der Waals surface area (Å²) in [6, 6.07) is 15.1. The van der Waals surface area contributed by atoms with Gasteiger partial charge in [-0.15, -0.1) is 0 Å². The van der Waals surface area contributed by atoms with Gasteiger partial charge in [0, 0.05) is 23.3 Å². The Hall–Kier alpha value is -4.07. The Kier molecular flexibility index (Phi) is 4.98. The van der Waals surface area contributed by atoms with E-state index in [9.17, 15) is 0 Å². The standard InChI is InChI=1S/C21H20N6O2/c1-28-13-8-9-17(18(11-13)29-2)27-21-19(22)20(24-12-25-21)26-16-7-3-6-15-14(16)5-4-10-23-15/h3-12H,22H2,1-2H3,(H2,24,25,26,27). The molecule has 4 N–H and O–H groups in total. The first-order chi connectivity index (χ1) is 14.2. The lowest BCUT2D eigenvalue weighted by Crippen LogP contribution is -2.06. The summed E-state index contributed by atoms with van der Waals surface area (Å²) in [6.07, 6.45) is 3.20. The molecule has 4 aromatic rings. The van der Waals surface area contributed by atoms with Crippen molar-refractivity contribution in [1.82, 2.24) is 15.0 Å². The molecule has 0 saturated carbocycles. The van der Waals surface area contributed by atoms with Crippen molar-refractivity contribution >= 4 is 39.6 Å². The van der Waals surface area contributed by atoms with Gasteiger partial charge in [-0.05, 0) is 36.4 Å². The number of benzene rings is 2. The number of hydrogen-bond acceptors (Lipinski definition) is 8. The average molecular weight is 388 g/mol. The van der Waals surface area contributed by atoms with Gasteiger partial charge < -0.3 is 25.8 Å². The normalized spacial score (nSPS) is 10.6. The molecule has 0 atom stereocenters. The first-order valence-corrected chi connectivity index (χ1v) is 8.90. The van der Waals surface area contributed by atoms with Gasteiger partial charge in [0.2, 0.25) is 0 Å². The third kappa shape index (κ3) is 3.68. The Balaban J connectivity index is 1.66. The van der Waals surface area contributed by atoms with Crippen LogP contribution in [0, 0.1) is 0 Å². The van der Waals surface area contributed by atoms with Crippen LogP contribution in [0.15, 0.2) is 61.1 Å². The van der Waals surface area contributed by atoms with Crippen molar-refractivity contribution in [2.24, 2.45) is 0 Å². The number of nitrogens with one attached hydrogen (secondary N) is 2. The summed E-state index contributed by atoms with van der Waals surface area (Å²) >= 11 is 0. The Morgan fingerprint density at radius 2 is 1.62 bits per heavy atom. The fourth-order valence-corrected chi connectivity index (χ4v) is 2.96. The van der Waals surface area contributed by atoms with Crippen LogP contribution in [0.1, 0.15) is 0 Å². The maximum Gasteiger partial charge on any atom is 0.159 e. The summed E-state index contributed by atoms with van der Waals surface area (Å²) < 4.78 is 10.7. The van der Waals surface area contributed by atoms with Gasteiger partial charge in [0.05, 0.1) is 25.4 Å². The van der Waals surface area contributed by atoms with Gasteiger partial charge in [-0.1, -0.05) is 6.07 Å². The average Bonchev–Trinajstić information content (AvgIpc) is 2.77. The highest BCUT2D eigenvalue weighted by Gasteiger charge is 2.13. The Morgan fingerprint density at radius 1 is 0.828 bits per heavy atom. The molecular formula is C21H20N6O2. The summed E-state index contributed by atoms with van der Waals surface area (Å²) in [5, 5.41) is 7.45. The summed E-state index contributed by atoms with van der Waals surface area (Å²) in [4.78, 5) is 12.9. The SMILES string of the molecule is COc1ccc(Nc2ncnc(Nc3cccc4ncccc34)c2N)c(OC)c1. The topological polar surface area (TPSA) is 107 Å². The van der Waals surface area contributed by atoms with Gasteiger partial charge in [-0.3, -0.25) is 4.98 Å². The Labute approximate surface area is 167 Å². The molecule has 8 nitrogen and oxygen atoms in total. The molecule has 0 amide bonds. The third-order valence-corrected chi connectivity index (χ3v) is 4.44. The smallest absolute Gasteiger partial charge is 0.159 e. The van der Waals surface area contributed by atoms with Crippen LogP contribution in [-0.4, -0.2) is 29.2 Å². The minimum Gasteiger partial charge on any atom is -0.497 e. The van der Waals surface area contributed by atoms with Crippen LogP contribution in [0.2, 0.25) is 0 Å². The van der Waals surface area contributed by atoms with Crippen LogP contribution in [-0.2, 0) is 0 Å². The molecule has 0 aliphatic heterocycles. The fraction of sp³-hybridized carbons (Fsp3) is 0.0952. The fourth-order valence-electron chi connectivity index (χ4n) is 2.96. The van der Waals surface area contributed by atoms with Crippen LogP contribution in [0.4, 0.5) is 28.7 Å². The van der Waals surface area contributed by atoms with E-state index in [0.717, 1.165) is 16.6 Å². The minimum absolute atomic E-state index is 0.381.